The number of nitrogens with one attached hydrogen (secondary N) is 2. The Bertz CT molecular complexity index is 1410. The lowest BCUT2D eigenvalue weighted by Crippen LogP contribution is -2.51. The molecule has 0 fully saturated rings. The molecule has 0 radical (unpaired) electrons. The number of hydrogen-bond donors (Lipinski definition) is 2. The molecule has 0 unspecified atom stereocenters. The van der Waals surface area contributed by atoms with Crippen molar-refractivity contribution in [3.8, 4) is 11.1 Å². The van der Waals surface area contributed by atoms with Crippen molar-refractivity contribution in [2.75, 3.05) is 13.2 Å². The number of amides is 2. The standard InChI is InChI=1S/C33H36N2O8/c1-21(29(35-32(39)43-33(2,3)4)30(37)40-19-22-12-6-5-7-13-22)42-28(36)18-34-31(38)41-20-27-25-16-10-8-14-23(25)24-15-9-11-17-26(24)27/h5-17,21,27,29H,18-20H2,1-4H3,(H,34,38)(H,35,39)/t21-,29+/m1/s1. The van der Waals surface area contributed by atoms with Crippen LogP contribution in [0.4, 0.5) is 9.59 Å². The van der Waals surface area contributed by atoms with E-state index < -0.39 is 48.4 Å². The van der Waals surface area contributed by atoms with E-state index in [0.717, 1.165) is 27.8 Å². The number of carbonyl (C=O) groups is 4. The fourth-order valence-corrected chi connectivity index (χ4v) is 4.73. The summed E-state index contributed by atoms with van der Waals surface area (Å²) in [5.41, 5.74) is 4.24. The summed E-state index contributed by atoms with van der Waals surface area (Å²) in [4.78, 5) is 50.4. The summed E-state index contributed by atoms with van der Waals surface area (Å²) < 4.78 is 21.4. The number of benzene rings is 3. The second-order valence-electron chi connectivity index (χ2n) is 11.1. The summed E-state index contributed by atoms with van der Waals surface area (Å²) in [6.07, 6.45) is -2.82. The molecule has 0 heterocycles. The second kappa shape index (κ2) is 13.9. The molecule has 1 aliphatic rings. The van der Waals surface area contributed by atoms with Crippen LogP contribution >= 0.6 is 0 Å². The van der Waals surface area contributed by atoms with Gasteiger partial charge in [-0.3, -0.25) is 4.79 Å². The van der Waals surface area contributed by atoms with E-state index in [4.69, 9.17) is 18.9 Å². The molecule has 43 heavy (non-hydrogen) atoms. The van der Waals surface area contributed by atoms with Gasteiger partial charge in [-0.25, -0.2) is 14.4 Å². The molecule has 1 aliphatic carbocycles. The molecule has 0 bridgehead atoms. The maximum Gasteiger partial charge on any atom is 0.408 e. The van der Waals surface area contributed by atoms with Crippen LogP contribution in [-0.4, -0.2) is 55.0 Å². The van der Waals surface area contributed by atoms with Gasteiger partial charge in [0.2, 0.25) is 0 Å². The molecular weight excluding hydrogens is 552 g/mol. The van der Waals surface area contributed by atoms with Gasteiger partial charge in [-0.2, -0.15) is 0 Å². The average molecular weight is 589 g/mol. The number of hydrogen-bond acceptors (Lipinski definition) is 8. The number of rotatable bonds is 10. The van der Waals surface area contributed by atoms with Crippen LogP contribution in [0.15, 0.2) is 78.9 Å². The van der Waals surface area contributed by atoms with Gasteiger partial charge in [0.1, 0.15) is 31.5 Å². The monoisotopic (exact) mass is 588 g/mol. The maximum atomic E-state index is 12.9. The minimum atomic E-state index is -1.36. The molecule has 2 N–H and O–H groups in total. The lowest BCUT2D eigenvalue weighted by Gasteiger charge is -2.26. The first-order valence-corrected chi connectivity index (χ1v) is 14.0. The zero-order valence-corrected chi connectivity index (χ0v) is 24.6. The first-order chi connectivity index (χ1) is 20.5. The van der Waals surface area contributed by atoms with Crippen LogP contribution in [0, 0.1) is 0 Å². The van der Waals surface area contributed by atoms with E-state index in [0.29, 0.717) is 0 Å². The fraction of sp³-hybridized carbons (Fsp3) is 0.333. The van der Waals surface area contributed by atoms with Crippen molar-refractivity contribution < 1.29 is 38.1 Å². The van der Waals surface area contributed by atoms with Gasteiger partial charge >= 0.3 is 24.1 Å². The molecule has 2 amide bonds. The molecule has 2 atom stereocenters. The van der Waals surface area contributed by atoms with Gasteiger partial charge in [-0.1, -0.05) is 78.9 Å². The Morgan fingerprint density at radius 2 is 1.37 bits per heavy atom. The first-order valence-electron chi connectivity index (χ1n) is 14.0. The maximum absolute atomic E-state index is 12.9. The van der Waals surface area contributed by atoms with E-state index in [1.165, 1.54) is 6.92 Å². The first kappa shape index (κ1) is 31.1. The van der Waals surface area contributed by atoms with Crippen molar-refractivity contribution in [3.63, 3.8) is 0 Å². The molecular formula is C33H36N2O8. The van der Waals surface area contributed by atoms with Crippen molar-refractivity contribution in [3.05, 3.63) is 95.6 Å². The van der Waals surface area contributed by atoms with Gasteiger partial charge in [0, 0.05) is 5.92 Å². The minimum Gasteiger partial charge on any atom is -0.459 e. The van der Waals surface area contributed by atoms with E-state index in [1.54, 1.807) is 45.0 Å². The highest BCUT2D eigenvalue weighted by atomic mass is 16.6. The van der Waals surface area contributed by atoms with Crippen LogP contribution in [0.1, 0.15) is 50.3 Å². The van der Waals surface area contributed by atoms with Crippen LogP contribution in [0.5, 0.6) is 0 Å². The van der Waals surface area contributed by atoms with Gasteiger partial charge in [-0.05, 0) is 55.5 Å². The molecule has 0 aromatic heterocycles. The SMILES string of the molecule is C[C@@H](OC(=O)CNC(=O)OCC1c2ccccc2-c2ccccc21)[C@H](NC(=O)OC(C)(C)C)C(=O)OCc1ccccc1. The van der Waals surface area contributed by atoms with Crippen molar-refractivity contribution in [2.24, 2.45) is 0 Å². The largest absolute Gasteiger partial charge is 0.459 e. The number of fused-ring (bicyclic) bond motifs is 3. The zero-order chi connectivity index (χ0) is 31.0. The van der Waals surface area contributed by atoms with Crippen LogP contribution in [-0.2, 0) is 35.1 Å². The van der Waals surface area contributed by atoms with E-state index in [-0.39, 0.29) is 19.1 Å². The van der Waals surface area contributed by atoms with Crippen molar-refractivity contribution in [1.29, 1.82) is 0 Å². The average Bonchev–Trinajstić information content (AvgIpc) is 3.29. The Balaban J connectivity index is 1.30. The summed E-state index contributed by atoms with van der Waals surface area (Å²) in [5.74, 6) is -1.79. The van der Waals surface area contributed by atoms with Crippen molar-refractivity contribution >= 4 is 24.1 Å². The summed E-state index contributed by atoms with van der Waals surface area (Å²) in [6, 6.07) is 23.5. The Morgan fingerprint density at radius 1 is 0.791 bits per heavy atom. The summed E-state index contributed by atoms with van der Waals surface area (Å²) in [7, 11) is 0. The summed E-state index contributed by atoms with van der Waals surface area (Å²) in [5, 5.41) is 4.80. The van der Waals surface area contributed by atoms with Gasteiger partial charge in [-0.15, -0.1) is 0 Å². The smallest absolute Gasteiger partial charge is 0.408 e. The van der Waals surface area contributed by atoms with Crippen LogP contribution in [0.3, 0.4) is 0 Å². The van der Waals surface area contributed by atoms with E-state index in [2.05, 4.69) is 10.6 Å². The van der Waals surface area contributed by atoms with Gasteiger partial charge < -0.3 is 29.6 Å². The highest BCUT2D eigenvalue weighted by Crippen LogP contribution is 2.44. The number of esters is 2. The Morgan fingerprint density at radius 3 is 1.98 bits per heavy atom. The molecule has 3 aromatic carbocycles. The predicted molar refractivity (Wildman–Crippen MR) is 158 cm³/mol. The van der Waals surface area contributed by atoms with Crippen LogP contribution < -0.4 is 10.6 Å². The molecule has 0 aliphatic heterocycles. The Kier molecular flexibility index (Phi) is 10.0. The second-order valence-corrected chi connectivity index (χ2v) is 11.1. The quantitative estimate of drug-likeness (QED) is 0.247. The number of alkyl carbamates (subject to hydrolysis) is 2. The predicted octanol–water partition coefficient (Wildman–Crippen LogP) is 5.09. The Labute approximate surface area is 250 Å². The lowest BCUT2D eigenvalue weighted by molar-refractivity contribution is -0.157. The summed E-state index contributed by atoms with van der Waals surface area (Å²) >= 11 is 0. The molecule has 0 saturated heterocycles. The van der Waals surface area contributed by atoms with E-state index in [1.807, 2.05) is 54.6 Å². The van der Waals surface area contributed by atoms with E-state index >= 15 is 0 Å². The summed E-state index contributed by atoms with van der Waals surface area (Å²) in [6.45, 7) is 5.97. The lowest BCUT2D eigenvalue weighted by atomic mass is 9.98. The highest BCUT2D eigenvalue weighted by Gasteiger charge is 2.33. The van der Waals surface area contributed by atoms with Crippen LogP contribution in [0.25, 0.3) is 11.1 Å². The molecule has 3 aromatic rings. The van der Waals surface area contributed by atoms with Crippen molar-refractivity contribution in [2.45, 2.75) is 58.0 Å². The number of ether oxygens (including phenoxy) is 4. The third-order valence-electron chi connectivity index (χ3n) is 6.66. The molecule has 0 spiro atoms. The third kappa shape index (κ3) is 8.57. The Hall–Kier alpha value is -4.86. The van der Waals surface area contributed by atoms with Gasteiger partial charge in [0.25, 0.3) is 0 Å². The van der Waals surface area contributed by atoms with Crippen LogP contribution in [0.2, 0.25) is 0 Å². The topological polar surface area (TPSA) is 129 Å². The highest BCUT2D eigenvalue weighted by molar-refractivity contribution is 5.83. The van der Waals surface area contributed by atoms with Gasteiger partial charge in [0.15, 0.2) is 6.04 Å². The zero-order valence-electron chi connectivity index (χ0n) is 24.6. The molecule has 226 valence electrons. The molecule has 10 nitrogen and oxygen atoms in total. The normalized spacial score (nSPS) is 13.5. The van der Waals surface area contributed by atoms with E-state index in [9.17, 15) is 19.2 Å². The molecule has 4 rings (SSSR count). The fourth-order valence-electron chi connectivity index (χ4n) is 4.73. The molecule has 10 heteroatoms. The number of carbonyl (C=O) groups excluding carboxylic acids is 4. The third-order valence-corrected chi connectivity index (χ3v) is 6.66. The minimum absolute atomic E-state index is 0.0455. The van der Waals surface area contributed by atoms with Gasteiger partial charge in [0.05, 0.1) is 0 Å². The molecule has 0 saturated carbocycles. The van der Waals surface area contributed by atoms with Crippen molar-refractivity contribution in [1.82, 2.24) is 10.6 Å².